The van der Waals surface area contributed by atoms with E-state index in [0.717, 1.165) is 34.8 Å². The maximum atomic E-state index is 12.9. The highest BCUT2D eigenvalue weighted by Crippen LogP contribution is 2.39. The average molecular weight is 462 g/mol. The summed E-state index contributed by atoms with van der Waals surface area (Å²) >= 11 is 1.42. The van der Waals surface area contributed by atoms with Crippen molar-refractivity contribution in [3.05, 3.63) is 87.3 Å². The van der Waals surface area contributed by atoms with Crippen molar-refractivity contribution in [3.63, 3.8) is 0 Å². The molecule has 4 heterocycles. The van der Waals surface area contributed by atoms with Gasteiger partial charge in [-0.3, -0.25) is 9.20 Å². The van der Waals surface area contributed by atoms with Crippen molar-refractivity contribution < 1.29 is 14.3 Å². The van der Waals surface area contributed by atoms with E-state index < -0.39 is 5.97 Å². The number of carbonyl (C=O) groups excluding carboxylic acids is 1. The van der Waals surface area contributed by atoms with Gasteiger partial charge in [-0.1, -0.05) is 36.4 Å². The molecule has 5 rings (SSSR count). The summed E-state index contributed by atoms with van der Waals surface area (Å²) in [6.45, 7) is 4.73. The number of carbonyl (C=O) groups is 1. The predicted octanol–water partition coefficient (Wildman–Crippen LogP) is 3.93. The molecule has 8 heteroatoms. The summed E-state index contributed by atoms with van der Waals surface area (Å²) in [5, 5.41) is 1.04. The van der Waals surface area contributed by atoms with Crippen LogP contribution in [0.4, 0.5) is 5.00 Å². The second-order valence-electron chi connectivity index (χ2n) is 7.89. The van der Waals surface area contributed by atoms with Crippen molar-refractivity contribution in [2.24, 2.45) is 0 Å². The van der Waals surface area contributed by atoms with Crippen molar-refractivity contribution >= 4 is 28.0 Å². The molecule has 0 N–H and O–H groups in total. The lowest BCUT2D eigenvalue weighted by atomic mass is 10.1. The van der Waals surface area contributed by atoms with E-state index in [2.05, 4.69) is 9.88 Å². The zero-order valence-corrected chi connectivity index (χ0v) is 19.0. The first-order chi connectivity index (χ1) is 16.1. The average Bonchev–Trinajstić information content (AvgIpc) is 3.30. The van der Waals surface area contributed by atoms with Crippen LogP contribution in [0.2, 0.25) is 0 Å². The SMILES string of the molecule is Cc1ccc2nc(COC(=O)c3cc(-c4ccccc4)c(N4CCOCC4)s3)cc(=O)n2c1. The first-order valence-electron chi connectivity index (χ1n) is 10.8. The first-order valence-corrected chi connectivity index (χ1v) is 11.6. The fourth-order valence-corrected chi connectivity index (χ4v) is 4.98. The minimum atomic E-state index is -0.428. The Kier molecular flexibility index (Phi) is 5.93. The minimum Gasteiger partial charge on any atom is -0.455 e. The number of fused-ring (bicyclic) bond motifs is 1. The Morgan fingerprint density at radius 2 is 1.91 bits per heavy atom. The number of pyridine rings is 1. The zero-order valence-electron chi connectivity index (χ0n) is 18.2. The summed E-state index contributed by atoms with van der Waals surface area (Å²) in [6, 6.07) is 17.0. The smallest absolute Gasteiger partial charge is 0.348 e. The summed E-state index contributed by atoms with van der Waals surface area (Å²) < 4.78 is 12.5. The van der Waals surface area contributed by atoms with Crippen LogP contribution in [0.1, 0.15) is 20.9 Å². The lowest BCUT2D eigenvalue weighted by Gasteiger charge is -2.28. The van der Waals surface area contributed by atoms with Crippen molar-refractivity contribution in [3.8, 4) is 11.1 Å². The van der Waals surface area contributed by atoms with Gasteiger partial charge in [0.2, 0.25) is 0 Å². The van der Waals surface area contributed by atoms with Crippen LogP contribution in [0.25, 0.3) is 16.8 Å². The highest BCUT2D eigenvalue weighted by Gasteiger charge is 2.22. The number of morpholine rings is 1. The van der Waals surface area contributed by atoms with Crippen LogP contribution in [0.3, 0.4) is 0 Å². The summed E-state index contributed by atoms with van der Waals surface area (Å²) in [7, 11) is 0. The second-order valence-corrected chi connectivity index (χ2v) is 8.92. The van der Waals surface area contributed by atoms with Gasteiger partial charge in [0.25, 0.3) is 5.56 Å². The molecule has 0 radical (unpaired) electrons. The van der Waals surface area contributed by atoms with Gasteiger partial charge >= 0.3 is 5.97 Å². The van der Waals surface area contributed by atoms with Gasteiger partial charge in [-0.15, -0.1) is 11.3 Å². The maximum absolute atomic E-state index is 12.9. The van der Waals surface area contributed by atoms with Gasteiger partial charge in [0, 0.05) is 30.9 Å². The molecule has 1 saturated heterocycles. The van der Waals surface area contributed by atoms with Gasteiger partial charge in [0.1, 0.15) is 17.1 Å². The summed E-state index contributed by atoms with van der Waals surface area (Å²) in [5.41, 5.74) is 3.77. The lowest BCUT2D eigenvalue weighted by molar-refractivity contribution is 0.0473. The number of ether oxygens (including phenoxy) is 2. The molecular weight excluding hydrogens is 438 g/mol. The first kappa shape index (κ1) is 21.4. The number of aryl methyl sites for hydroxylation is 1. The Bertz CT molecular complexity index is 1360. The number of hydrogen-bond donors (Lipinski definition) is 0. The van der Waals surface area contributed by atoms with Gasteiger partial charge in [0.05, 0.1) is 23.9 Å². The highest BCUT2D eigenvalue weighted by molar-refractivity contribution is 7.18. The number of thiophene rings is 1. The molecule has 1 fully saturated rings. The predicted molar refractivity (Wildman–Crippen MR) is 128 cm³/mol. The van der Waals surface area contributed by atoms with Gasteiger partial charge in [-0.05, 0) is 30.2 Å². The molecule has 4 aromatic rings. The van der Waals surface area contributed by atoms with Crippen molar-refractivity contribution in [2.45, 2.75) is 13.5 Å². The normalized spacial score (nSPS) is 13.9. The number of benzene rings is 1. The van der Waals surface area contributed by atoms with Gasteiger partial charge in [-0.2, -0.15) is 0 Å². The molecule has 0 atom stereocenters. The number of esters is 1. The van der Waals surface area contributed by atoms with E-state index in [1.165, 1.54) is 21.8 Å². The molecule has 3 aromatic heterocycles. The Hall–Kier alpha value is -3.49. The zero-order chi connectivity index (χ0) is 22.8. The molecule has 0 bridgehead atoms. The van der Waals surface area contributed by atoms with E-state index in [1.807, 2.05) is 49.4 Å². The van der Waals surface area contributed by atoms with Crippen LogP contribution < -0.4 is 10.5 Å². The molecule has 0 aliphatic carbocycles. The standard InChI is InChI=1S/C25H23N3O4S/c1-17-7-8-22-26-19(13-23(29)28(22)15-17)16-32-25(30)21-14-20(18-5-3-2-4-6-18)24(33-21)27-9-11-31-12-10-27/h2-8,13-15H,9-12,16H2,1H3. The topological polar surface area (TPSA) is 73.1 Å². The quantitative estimate of drug-likeness (QED) is 0.420. The largest absolute Gasteiger partial charge is 0.455 e. The van der Waals surface area contributed by atoms with Crippen LogP contribution >= 0.6 is 11.3 Å². The third kappa shape index (κ3) is 4.53. The highest BCUT2D eigenvalue weighted by atomic mass is 32.1. The van der Waals surface area contributed by atoms with Crippen LogP contribution in [-0.4, -0.2) is 41.7 Å². The molecule has 168 valence electrons. The molecular formula is C25H23N3O4S. The van der Waals surface area contributed by atoms with E-state index in [-0.39, 0.29) is 12.2 Å². The van der Waals surface area contributed by atoms with E-state index in [4.69, 9.17) is 9.47 Å². The van der Waals surface area contributed by atoms with Crippen LogP contribution in [0, 0.1) is 6.92 Å². The third-order valence-electron chi connectivity index (χ3n) is 5.51. The van der Waals surface area contributed by atoms with Crippen LogP contribution in [0.5, 0.6) is 0 Å². The molecule has 1 aliphatic heterocycles. The van der Waals surface area contributed by atoms with Crippen molar-refractivity contribution in [2.75, 3.05) is 31.2 Å². The van der Waals surface area contributed by atoms with Gasteiger partial charge in [-0.25, -0.2) is 9.78 Å². The number of nitrogens with zero attached hydrogens (tertiary/aromatic N) is 3. The Morgan fingerprint density at radius 3 is 2.70 bits per heavy atom. The molecule has 0 spiro atoms. The lowest BCUT2D eigenvalue weighted by Crippen LogP contribution is -2.35. The molecule has 7 nitrogen and oxygen atoms in total. The molecule has 0 saturated carbocycles. The minimum absolute atomic E-state index is 0.0656. The van der Waals surface area contributed by atoms with Crippen molar-refractivity contribution in [1.29, 1.82) is 0 Å². The molecule has 1 aromatic carbocycles. The molecule has 1 aliphatic rings. The number of aromatic nitrogens is 2. The fourth-order valence-electron chi connectivity index (χ4n) is 3.85. The summed E-state index contributed by atoms with van der Waals surface area (Å²) in [4.78, 5) is 32.6. The number of anilines is 1. The van der Waals surface area contributed by atoms with Gasteiger partial charge < -0.3 is 14.4 Å². The molecule has 0 amide bonds. The second kappa shape index (κ2) is 9.17. The van der Waals surface area contributed by atoms with E-state index >= 15 is 0 Å². The Balaban J connectivity index is 1.39. The van der Waals surface area contributed by atoms with E-state index in [0.29, 0.717) is 29.4 Å². The van der Waals surface area contributed by atoms with Crippen LogP contribution in [0.15, 0.2) is 65.6 Å². The Morgan fingerprint density at radius 1 is 1.12 bits per heavy atom. The van der Waals surface area contributed by atoms with E-state index in [1.54, 1.807) is 12.3 Å². The van der Waals surface area contributed by atoms with E-state index in [9.17, 15) is 9.59 Å². The number of hydrogen-bond acceptors (Lipinski definition) is 7. The fraction of sp³-hybridized carbons (Fsp3) is 0.240. The molecule has 33 heavy (non-hydrogen) atoms. The summed E-state index contributed by atoms with van der Waals surface area (Å²) in [5.74, 6) is -0.428. The maximum Gasteiger partial charge on any atom is 0.348 e. The number of rotatable bonds is 5. The monoisotopic (exact) mass is 461 g/mol. The molecule has 0 unspecified atom stereocenters. The van der Waals surface area contributed by atoms with Crippen molar-refractivity contribution in [1.82, 2.24) is 9.38 Å². The van der Waals surface area contributed by atoms with Crippen LogP contribution in [-0.2, 0) is 16.1 Å². The Labute approximate surface area is 194 Å². The van der Waals surface area contributed by atoms with Gasteiger partial charge in [0.15, 0.2) is 0 Å². The third-order valence-corrected chi connectivity index (χ3v) is 6.68. The summed E-state index contributed by atoms with van der Waals surface area (Å²) in [6.07, 6.45) is 1.74.